The van der Waals surface area contributed by atoms with E-state index in [-0.39, 0.29) is 17.8 Å². The van der Waals surface area contributed by atoms with Gasteiger partial charge in [-0.05, 0) is 31.0 Å². The van der Waals surface area contributed by atoms with Crippen LogP contribution in [0.5, 0.6) is 11.5 Å². The molecule has 0 radical (unpaired) electrons. The lowest BCUT2D eigenvalue weighted by atomic mass is 9.87. The molecule has 0 unspecified atom stereocenters. The van der Waals surface area contributed by atoms with Gasteiger partial charge < -0.3 is 19.7 Å². The Morgan fingerprint density at radius 3 is 2.28 bits per heavy atom. The van der Waals surface area contributed by atoms with Crippen molar-refractivity contribution in [2.24, 2.45) is 0 Å². The highest BCUT2D eigenvalue weighted by molar-refractivity contribution is 6.07. The molecule has 2 aliphatic heterocycles. The molecule has 2 fully saturated rings. The number of carbonyl (C=O) groups excluding carboxylic acids is 3. The third kappa shape index (κ3) is 2.77. The third-order valence-electron chi connectivity index (χ3n) is 4.90. The standard InChI is InChI=1S/C17H21N3O5/c1-19-15(22)17(18-16(19)23)6-8-20(9-7-17)14(21)11-4-5-12(24-2)13(10-11)25-3/h4-5,10H,6-9H2,1-3H3,(H,18,23). The number of amides is 4. The smallest absolute Gasteiger partial charge is 0.324 e. The molecule has 1 aromatic carbocycles. The number of carbonyl (C=O) groups is 3. The average Bonchev–Trinajstić information content (AvgIpc) is 2.85. The highest BCUT2D eigenvalue weighted by atomic mass is 16.5. The SMILES string of the molecule is COc1ccc(C(=O)N2CCC3(CC2)NC(=O)N(C)C3=O)cc1OC. The topological polar surface area (TPSA) is 88.2 Å². The summed E-state index contributed by atoms with van der Waals surface area (Å²) in [5.74, 6) is 0.678. The van der Waals surface area contributed by atoms with Crippen molar-refractivity contribution < 1.29 is 23.9 Å². The van der Waals surface area contributed by atoms with Crippen LogP contribution in [0.15, 0.2) is 18.2 Å². The lowest BCUT2D eigenvalue weighted by Crippen LogP contribution is -2.55. The van der Waals surface area contributed by atoms with Crippen LogP contribution in [0.4, 0.5) is 4.79 Å². The maximum Gasteiger partial charge on any atom is 0.324 e. The third-order valence-corrected chi connectivity index (χ3v) is 4.90. The summed E-state index contributed by atoms with van der Waals surface area (Å²) >= 11 is 0. The van der Waals surface area contributed by atoms with Crippen LogP contribution in [-0.4, -0.2) is 67.5 Å². The summed E-state index contributed by atoms with van der Waals surface area (Å²) in [6.45, 7) is 0.792. The second-order valence-electron chi connectivity index (χ2n) is 6.24. The van der Waals surface area contributed by atoms with Crippen LogP contribution in [0.2, 0.25) is 0 Å². The molecule has 1 aromatic rings. The Hall–Kier alpha value is -2.77. The molecular formula is C17H21N3O5. The Labute approximate surface area is 145 Å². The summed E-state index contributed by atoms with van der Waals surface area (Å²) in [5, 5.41) is 2.76. The van der Waals surface area contributed by atoms with Gasteiger partial charge in [-0.2, -0.15) is 0 Å². The molecule has 8 heteroatoms. The number of likely N-dealkylation sites (tertiary alicyclic amines) is 1. The van der Waals surface area contributed by atoms with Crippen molar-refractivity contribution in [2.45, 2.75) is 18.4 Å². The van der Waals surface area contributed by atoms with Crippen LogP contribution in [0.1, 0.15) is 23.2 Å². The first-order chi connectivity index (χ1) is 11.9. The quantitative estimate of drug-likeness (QED) is 0.820. The number of likely N-dealkylation sites (N-methyl/N-ethyl adjacent to an activating group) is 1. The molecule has 134 valence electrons. The fourth-order valence-electron chi connectivity index (χ4n) is 3.34. The van der Waals surface area contributed by atoms with Crippen molar-refractivity contribution in [1.82, 2.24) is 15.1 Å². The molecule has 4 amide bonds. The highest BCUT2D eigenvalue weighted by Crippen LogP contribution is 2.31. The number of rotatable bonds is 3. The normalized spacial score (nSPS) is 19.2. The summed E-state index contributed by atoms with van der Waals surface area (Å²) in [6.07, 6.45) is 0.807. The number of urea groups is 1. The van der Waals surface area contributed by atoms with Crippen LogP contribution in [0.3, 0.4) is 0 Å². The number of hydrogen-bond acceptors (Lipinski definition) is 5. The monoisotopic (exact) mass is 347 g/mol. The number of ether oxygens (including phenoxy) is 2. The fraction of sp³-hybridized carbons (Fsp3) is 0.471. The van der Waals surface area contributed by atoms with Crippen LogP contribution in [0.25, 0.3) is 0 Å². The molecule has 25 heavy (non-hydrogen) atoms. The van der Waals surface area contributed by atoms with Crippen LogP contribution < -0.4 is 14.8 Å². The van der Waals surface area contributed by atoms with Gasteiger partial charge in [0, 0.05) is 25.7 Å². The van der Waals surface area contributed by atoms with E-state index in [1.165, 1.54) is 21.3 Å². The molecule has 0 saturated carbocycles. The van der Waals surface area contributed by atoms with Gasteiger partial charge in [0.2, 0.25) is 0 Å². The number of nitrogens with one attached hydrogen (secondary N) is 1. The zero-order valence-electron chi connectivity index (χ0n) is 14.5. The van der Waals surface area contributed by atoms with Crippen molar-refractivity contribution in [3.63, 3.8) is 0 Å². The van der Waals surface area contributed by atoms with Crippen LogP contribution >= 0.6 is 0 Å². The van der Waals surface area contributed by atoms with E-state index in [0.29, 0.717) is 43.0 Å². The van der Waals surface area contributed by atoms with E-state index in [1.54, 1.807) is 23.1 Å². The lowest BCUT2D eigenvalue weighted by Gasteiger charge is -2.37. The van der Waals surface area contributed by atoms with Gasteiger partial charge in [-0.25, -0.2) is 4.79 Å². The van der Waals surface area contributed by atoms with Gasteiger partial charge in [0.05, 0.1) is 14.2 Å². The van der Waals surface area contributed by atoms with E-state index in [2.05, 4.69) is 5.32 Å². The summed E-state index contributed by atoms with van der Waals surface area (Å²) in [6, 6.07) is 4.63. The molecule has 1 N–H and O–H groups in total. The Morgan fingerprint density at radius 1 is 1.12 bits per heavy atom. The van der Waals surface area contributed by atoms with Gasteiger partial charge in [-0.15, -0.1) is 0 Å². The molecule has 0 bridgehead atoms. The first kappa shape index (κ1) is 17.1. The maximum atomic E-state index is 12.7. The Balaban J connectivity index is 1.72. The van der Waals surface area contributed by atoms with Crippen molar-refractivity contribution in [1.29, 1.82) is 0 Å². The van der Waals surface area contributed by atoms with Gasteiger partial charge in [0.1, 0.15) is 5.54 Å². The molecule has 3 rings (SSSR count). The highest BCUT2D eigenvalue weighted by Gasteiger charge is 2.51. The van der Waals surface area contributed by atoms with Crippen molar-refractivity contribution in [3.05, 3.63) is 23.8 Å². The molecule has 2 aliphatic rings. The summed E-state index contributed by atoms with van der Waals surface area (Å²) < 4.78 is 10.4. The van der Waals surface area contributed by atoms with E-state index < -0.39 is 5.54 Å². The fourth-order valence-corrected chi connectivity index (χ4v) is 3.34. The molecule has 0 aliphatic carbocycles. The molecule has 0 atom stereocenters. The van der Waals surface area contributed by atoms with Gasteiger partial charge in [-0.1, -0.05) is 0 Å². The molecule has 8 nitrogen and oxygen atoms in total. The maximum absolute atomic E-state index is 12.7. The van der Waals surface area contributed by atoms with Crippen molar-refractivity contribution in [3.8, 4) is 11.5 Å². The molecule has 0 aromatic heterocycles. The first-order valence-corrected chi connectivity index (χ1v) is 8.03. The molecule has 2 saturated heterocycles. The van der Waals surface area contributed by atoms with E-state index in [1.807, 2.05) is 0 Å². The predicted octanol–water partition coefficient (Wildman–Crippen LogP) is 0.860. The van der Waals surface area contributed by atoms with E-state index in [4.69, 9.17) is 9.47 Å². The predicted molar refractivity (Wildman–Crippen MR) is 88.7 cm³/mol. The van der Waals surface area contributed by atoms with Crippen LogP contribution in [-0.2, 0) is 4.79 Å². The molecular weight excluding hydrogens is 326 g/mol. The molecule has 1 spiro atoms. The van der Waals surface area contributed by atoms with Gasteiger partial charge in [-0.3, -0.25) is 14.5 Å². The van der Waals surface area contributed by atoms with Crippen molar-refractivity contribution >= 4 is 17.8 Å². The minimum Gasteiger partial charge on any atom is -0.493 e. The number of imide groups is 1. The first-order valence-electron chi connectivity index (χ1n) is 8.03. The summed E-state index contributed by atoms with van der Waals surface area (Å²) in [5.41, 5.74) is -0.382. The van der Waals surface area contributed by atoms with Crippen molar-refractivity contribution in [2.75, 3.05) is 34.4 Å². The average molecular weight is 347 g/mol. The van der Waals surface area contributed by atoms with Gasteiger partial charge >= 0.3 is 6.03 Å². The number of methoxy groups -OCH3 is 2. The Kier molecular flexibility index (Phi) is 4.28. The minimum absolute atomic E-state index is 0.138. The largest absolute Gasteiger partial charge is 0.493 e. The van der Waals surface area contributed by atoms with E-state index in [9.17, 15) is 14.4 Å². The summed E-state index contributed by atoms with van der Waals surface area (Å²) in [4.78, 5) is 39.5. The van der Waals surface area contributed by atoms with Gasteiger partial charge in [0.25, 0.3) is 11.8 Å². The Morgan fingerprint density at radius 2 is 1.76 bits per heavy atom. The summed E-state index contributed by atoms with van der Waals surface area (Å²) in [7, 11) is 4.52. The number of benzene rings is 1. The minimum atomic E-state index is -0.875. The van der Waals surface area contributed by atoms with E-state index in [0.717, 1.165) is 4.90 Å². The lowest BCUT2D eigenvalue weighted by molar-refractivity contribution is -0.131. The van der Waals surface area contributed by atoms with E-state index >= 15 is 0 Å². The zero-order valence-corrected chi connectivity index (χ0v) is 14.5. The van der Waals surface area contributed by atoms with Crippen LogP contribution in [0, 0.1) is 0 Å². The second kappa shape index (κ2) is 6.27. The second-order valence-corrected chi connectivity index (χ2v) is 6.24. The number of hydrogen-bond donors (Lipinski definition) is 1. The number of piperidine rings is 1. The number of nitrogens with zero attached hydrogens (tertiary/aromatic N) is 2. The van der Waals surface area contributed by atoms with Gasteiger partial charge in [0.15, 0.2) is 11.5 Å². The Bertz CT molecular complexity index is 725. The zero-order chi connectivity index (χ0) is 18.2. The molecule has 2 heterocycles.